The molecule has 0 aliphatic carbocycles. The van der Waals surface area contributed by atoms with Gasteiger partial charge in [-0.1, -0.05) is 60.1 Å². The molecular weight excluding hydrogens is 362 g/mol. The maximum absolute atomic E-state index is 6.35. The minimum atomic E-state index is -0.303. The average molecular weight is 378 g/mol. The smallest absolute Gasteiger partial charge is 0.161 e. The van der Waals surface area contributed by atoms with Crippen LogP contribution < -0.4 is 5.32 Å². The molecule has 1 aliphatic rings. The lowest BCUT2D eigenvalue weighted by molar-refractivity contribution is 0.838. The van der Waals surface area contributed by atoms with Crippen LogP contribution in [0.15, 0.2) is 71.9 Å². The summed E-state index contributed by atoms with van der Waals surface area (Å²) in [4.78, 5) is 6.52. The zero-order valence-electron chi connectivity index (χ0n) is 13.9. The molecule has 0 amide bonds. The predicted octanol–water partition coefficient (Wildman–Crippen LogP) is 6.11. The third kappa shape index (κ3) is 2.62. The SMILES string of the molecule is ClC1N=CNc2cc(-c3cn(Cc4ccccc4)c4ccccc34)sc21. The number of nitrogens with one attached hydrogen (secondary N) is 1. The molecule has 26 heavy (non-hydrogen) atoms. The number of fused-ring (bicyclic) bond motifs is 2. The number of aliphatic imine (C=N–C) groups is 1. The summed E-state index contributed by atoms with van der Waals surface area (Å²) >= 11 is 8.06. The molecule has 3 nitrogen and oxygen atoms in total. The van der Waals surface area contributed by atoms with Crippen LogP contribution >= 0.6 is 22.9 Å². The molecule has 1 N–H and O–H groups in total. The van der Waals surface area contributed by atoms with Gasteiger partial charge in [0, 0.05) is 34.1 Å². The Morgan fingerprint density at radius 2 is 1.88 bits per heavy atom. The van der Waals surface area contributed by atoms with Gasteiger partial charge >= 0.3 is 0 Å². The first-order valence-corrected chi connectivity index (χ1v) is 9.73. The molecule has 0 bridgehead atoms. The Kier molecular flexibility index (Phi) is 3.80. The van der Waals surface area contributed by atoms with Gasteiger partial charge in [-0.15, -0.1) is 11.3 Å². The molecule has 2 aromatic carbocycles. The highest BCUT2D eigenvalue weighted by atomic mass is 35.5. The average Bonchev–Trinajstić information content (AvgIpc) is 3.26. The summed E-state index contributed by atoms with van der Waals surface area (Å²) in [6, 6.07) is 21.3. The van der Waals surface area contributed by atoms with E-state index in [1.807, 2.05) is 0 Å². The third-order valence-corrected chi connectivity index (χ3v) is 6.33. The van der Waals surface area contributed by atoms with Gasteiger partial charge < -0.3 is 9.88 Å². The quantitative estimate of drug-likeness (QED) is 0.338. The maximum Gasteiger partial charge on any atom is 0.161 e. The highest BCUT2D eigenvalue weighted by Crippen LogP contribution is 2.44. The lowest BCUT2D eigenvalue weighted by Crippen LogP contribution is -2.03. The molecule has 1 unspecified atom stereocenters. The first-order valence-electron chi connectivity index (χ1n) is 8.48. The number of para-hydroxylation sites is 1. The van der Waals surface area contributed by atoms with Crippen LogP contribution in [0.4, 0.5) is 5.69 Å². The summed E-state index contributed by atoms with van der Waals surface area (Å²) in [6.07, 6.45) is 3.92. The number of thiophene rings is 1. The van der Waals surface area contributed by atoms with Crippen LogP contribution in [-0.2, 0) is 6.54 Å². The van der Waals surface area contributed by atoms with E-state index in [0.717, 1.165) is 17.1 Å². The van der Waals surface area contributed by atoms with Crippen LogP contribution in [0.2, 0.25) is 0 Å². The number of benzene rings is 2. The molecule has 0 saturated carbocycles. The maximum atomic E-state index is 6.35. The molecule has 128 valence electrons. The van der Waals surface area contributed by atoms with Crippen LogP contribution in [0.3, 0.4) is 0 Å². The molecule has 3 heterocycles. The van der Waals surface area contributed by atoms with Crippen LogP contribution in [0.25, 0.3) is 21.3 Å². The van der Waals surface area contributed by atoms with E-state index in [1.54, 1.807) is 17.7 Å². The second-order valence-electron chi connectivity index (χ2n) is 6.32. The summed E-state index contributed by atoms with van der Waals surface area (Å²) in [5, 5.41) is 4.46. The predicted molar refractivity (Wildman–Crippen MR) is 112 cm³/mol. The van der Waals surface area contributed by atoms with Crippen molar-refractivity contribution in [3.05, 3.63) is 77.3 Å². The molecule has 0 saturated heterocycles. The van der Waals surface area contributed by atoms with E-state index in [9.17, 15) is 0 Å². The Bertz CT molecular complexity index is 1110. The Morgan fingerprint density at radius 3 is 2.73 bits per heavy atom. The Morgan fingerprint density at radius 1 is 1.08 bits per heavy atom. The van der Waals surface area contributed by atoms with Crippen LogP contribution in [-0.4, -0.2) is 10.9 Å². The fourth-order valence-electron chi connectivity index (χ4n) is 3.42. The van der Waals surface area contributed by atoms with E-state index >= 15 is 0 Å². The summed E-state index contributed by atoms with van der Waals surface area (Å²) < 4.78 is 2.32. The van der Waals surface area contributed by atoms with Gasteiger partial charge in [0.25, 0.3) is 0 Å². The van der Waals surface area contributed by atoms with E-state index in [1.165, 1.54) is 26.9 Å². The third-order valence-electron chi connectivity index (χ3n) is 4.65. The summed E-state index contributed by atoms with van der Waals surface area (Å²) in [5.41, 5.74) is 4.52. The van der Waals surface area contributed by atoms with E-state index in [2.05, 4.69) is 81.7 Å². The van der Waals surface area contributed by atoms with Gasteiger partial charge in [0.2, 0.25) is 0 Å². The number of nitrogens with zero attached hydrogens (tertiary/aromatic N) is 2. The molecule has 5 rings (SSSR count). The van der Waals surface area contributed by atoms with E-state index in [0.29, 0.717) is 0 Å². The Hall–Kier alpha value is -2.56. The monoisotopic (exact) mass is 377 g/mol. The van der Waals surface area contributed by atoms with E-state index < -0.39 is 0 Å². The normalized spacial score (nSPS) is 15.8. The Balaban J connectivity index is 1.63. The number of hydrogen-bond acceptors (Lipinski definition) is 3. The highest BCUT2D eigenvalue weighted by molar-refractivity contribution is 7.16. The molecule has 0 spiro atoms. The van der Waals surface area contributed by atoms with Crippen LogP contribution in [0.5, 0.6) is 0 Å². The van der Waals surface area contributed by atoms with Crippen molar-refractivity contribution in [3.63, 3.8) is 0 Å². The standard InChI is InChI=1S/C21H16ClN3S/c22-21-20-17(23-13-24-21)10-19(26-20)16-12-25(11-14-6-2-1-3-7-14)18-9-5-4-8-15(16)18/h1-10,12-13,21H,11H2,(H,23,24). The van der Waals surface area contributed by atoms with Gasteiger partial charge in [-0.25, -0.2) is 0 Å². The fraction of sp³-hybridized carbons (Fsp3) is 0.0952. The first-order chi connectivity index (χ1) is 12.8. The molecule has 0 radical (unpaired) electrons. The van der Waals surface area contributed by atoms with Crippen molar-refractivity contribution in [3.8, 4) is 10.4 Å². The number of aromatic nitrogens is 1. The highest BCUT2D eigenvalue weighted by Gasteiger charge is 2.21. The molecular formula is C21H16ClN3S. The topological polar surface area (TPSA) is 29.3 Å². The van der Waals surface area contributed by atoms with Crippen molar-refractivity contribution in [1.82, 2.24) is 4.57 Å². The van der Waals surface area contributed by atoms with Crippen molar-refractivity contribution in [2.45, 2.75) is 12.0 Å². The number of anilines is 1. The molecule has 1 atom stereocenters. The number of halogens is 1. The summed E-state index contributed by atoms with van der Waals surface area (Å²) in [5.74, 6) is 0. The lowest BCUT2D eigenvalue weighted by atomic mass is 10.1. The molecule has 1 aliphatic heterocycles. The van der Waals surface area contributed by atoms with Crippen molar-refractivity contribution in [2.75, 3.05) is 5.32 Å². The zero-order chi connectivity index (χ0) is 17.5. The molecule has 4 aromatic rings. The van der Waals surface area contributed by atoms with Gasteiger partial charge in [-0.05, 0) is 17.7 Å². The van der Waals surface area contributed by atoms with Gasteiger partial charge in [0.1, 0.15) is 0 Å². The summed E-state index contributed by atoms with van der Waals surface area (Å²) in [7, 11) is 0. The van der Waals surface area contributed by atoms with E-state index in [-0.39, 0.29) is 5.50 Å². The largest absolute Gasteiger partial charge is 0.346 e. The van der Waals surface area contributed by atoms with Crippen molar-refractivity contribution in [2.24, 2.45) is 4.99 Å². The van der Waals surface area contributed by atoms with Gasteiger partial charge in [0.05, 0.1) is 16.9 Å². The van der Waals surface area contributed by atoms with Crippen LogP contribution in [0, 0.1) is 0 Å². The van der Waals surface area contributed by atoms with Gasteiger partial charge in [-0.2, -0.15) is 0 Å². The number of hydrogen-bond donors (Lipinski definition) is 1. The fourth-order valence-corrected chi connectivity index (χ4v) is 4.80. The molecule has 5 heteroatoms. The van der Waals surface area contributed by atoms with Crippen molar-refractivity contribution < 1.29 is 0 Å². The number of alkyl halides is 1. The van der Waals surface area contributed by atoms with Crippen molar-refractivity contribution in [1.29, 1.82) is 0 Å². The second kappa shape index (κ2) is 6.31. The van der Waals surface area contributed by atoms with Crippen molar-refractivity contribution >= 4 is 45.9 Å². The van der Waals surface area contributed by atoms with E-state index in [4.69, 9.17) is 11.6 Å². The number of rotatable bonds is 3. The van der Waals surface area contributed by atoms with Gasteiger partial charge in [-0.3, -0.25) is 4.99 Å². The second-order valence-corrected chi connectivity index (χ2v) is 7.82. The first kappa shape index (κ1) is 15.7. The summed E-state index contributed by atoms with van der Waals surface area (Å²) in [6.45, 7) is 0.853. The molecule has 0 fully saturated rings. The molecule has 2 aromatic heterocycles. The lowest BCUT2D eigenvalue weighted by Gasteiger charge is -2.10. The van der Waals surface area contributed by atoms with Crippen LogP contribution in [0.1, 0.15) is 15.9 Å². The minimum Gasteiger partial charge on any atom is -0.346 e. The minimum absolute atomic E-state index is 0.303. The Labute approximate surface area is 160 Å². The zero-order valence-corrected chi connectivity index (χ0v) is 15.5. The van der Waals surface area contributed by atoms with Gasteiger partial charge in [0.15, 0.2) is 5.50 Å².